The molecule has 0 radical (unpaired) electrons. The van der Waals surface area contributed by atoms with Gasteiger partial charge in [0.1, 0.15) is 23.0 Å². The first-order chi connectivity index (χ1) is 17.4. The first kappa shape index (κ1) is 24.2. The quantitative estimate of drug-likeness (QED) is 0.560. The number of ether oxygens (including phenoxy) is 1. The number of fused-ring (bicyclic) bond motifs is 2. The summed E-state index contributed by atoms with van der Waals surface area (Å²) in [7, 11) is 3.63. The van der Waals surface area contributed by atoms with Gasteiger partial charge in [-0.2, -0.15) is 5.10 Å². The Kier molecular flexibility index (Phi) is 4.71. The summed E-state index contributed by atoms with van der Waals surface area (Å²) in [6, 6.07) is 5.87. The molecule has 8 heteroatoms. The number of H-pyrrole nitrogens is 1. The van der Waals surface area contributed by atoms with Crippen molar-refractivity contribution >= 4 is 16.5 Å². The molecule has 2 spiro atoms. The first-order valence-corrected chi connectivity index (χ1v) is 13.7. The highest BCUT2D eigenvalue weighted by Gasteiger charge is 2.82. The molecule has 2 aromatic rings. The SMILES string of the molecule is Cc1[nH]nc2cc(C3=CCC4C3(C)CCC3(F)CC5(F)C(O)C(O)C(N(C)C)CC56CCC43O6)ccc12. The predicted octanol–water partition coefficient (Wildman–Crippen LogP) is 4.24. The molecule has 3 heterocycles. The van der Waals surface area contributed by atoms with Crippen LogP contribution >= 0.6 is 0 Å². The van der Waals surface area contributed by atoms with Gasteiger partial charge in [-0.25, -0.2) is 8.78 Å². The summed E-state index contributed by atoms with van der Waals surface area (Å²) in [5, 5.41) is 30.5. The Hall–Kier alpha value is -1.87. The van der Waals surface area contributed by atoms with Crippen LogP contribution in [0.5, 0.6) is 0 Å². The predicted molar refractivity (Wildman–Crippen MR) is 136 cm³/mol. The number of aliphatic hydroxyl groups excluding tert-OH is 2. The van der Waals surface area contributed by atoms with Gasteiger partial charge in [0.25, 0.3) is 0 Å². The van der Waals surface area contributed by atoms with Crippen LogP contribution in [-0.2, 0) is 4.74 Å². The Morgan fingerprint density at radius 2 is 1.92 bits per heavy atom. The lowest BCUT2D eigenvalue weighted by Crippen LogP contribution is -2.78. The number of aliphatic hydroxyl groups is 2. The Morgan fingerprint density at radius 3 is 2.68 bits per heavy atom. The summed E-state index contributed by atoms with van der Waals surface area (Å²) in [4.78, 5) is 1.82. The smallest absolute Gasteiger partial charge is 0.171 e. The monoisotopic (exact) mass is 513 g/mol. The van der Waals surface area contributed by atoms with Gasteiger partial charge < -0.3 is 19.8 Å². The molecule has 200 valence electrons. The van der Waals surface area contributed by atoms with E-state index in [1.165, 1.54) is 5.57 Å². The second kappa shape index (κ2) is 7.20. The Morgan fingerprint density at radius 1 is 1.14 bits per heavy atom. The Balaban J connectivity index is 1.29. The number of allylic oxidation sites excluding steroid dienone is 2. The average Bonchev–Trinajstić information content (AvgIpc) is 3.52. The van der Waals surface area contributed by atoms with Crippen LogP contribution < -0.4 is 0 Å². The summed E-state index contributed by atoms with van der Waals surface area (Å²) in [6.07, 6.45) is 1.28. The Bertz CT molecular complexity index is 1330. The molecule has 3 aliphatic carbocycles. The number of alkyl halides is 2. The molecule has 7 rings (SSSR count). The summed E-state index contributed by atoms with van der Waals surface area (Å²) in [5.41, 5.74) is -2.71. The van der Waals surface area contributed by atoms with Crippen LogP contribution in [0, 0.1) is 18.3 Å². The fourth-order valence-corrected chi connectivity index (χ4v) is 9.29. The highest BCUT2D eigenvalue weighted by molar-refractivity contribution is 5.86. The lowest BCUT2D eigenvalue weighted by Gasteiger charge is -2.65. The maximum Gasteiger partial charge on any atom is 0.171 e. The maximum atomic E-state index is 17.2. The molecule has 5 aliphatic rings. The van der Waals surface area contributed by atoms with Crippen molar-refractivity contribution in [2.75, 3.05) is 14.1 Å². The van der Waals surface area contributed by atoms with Crippen molar-refractivity contribution in [3.8, 4) is 0 Å². The minimum atomic E-state index is -2.32. The number of halogens is 2. The Labute approximate surface area is 216 Å². The van der Waals surface area contributed by atoms with E-state index < -0.39 is 47.2 Å². The largest absolute Gasteiger partial charge is 0.389 e. The molecule has 1 aromatic heterocycles. The number of rotatable bonds is 2. The van der Waals surface area contributed by atoms with Crippen molar-refractivity contribution < 1.29 is 23.7 Å². The number of likely N-dealkylation sites (N-methyl/N-ethyl adjacent to an activating group) is 1. The molecular formula is C29H37F2N3O3. The van der Waals surface area contributed by atoms with Crippen LogP contribution in [0.1, 0.15) is 63.1 Å². The summed E-state index contributed by atoms with van der Waals surface area (Å²) >= 11 is 0. The molecule has 2 aliphatic heterocycles. The van der Waals surface area contributed by atoms with Gasteiger partial charge in [0, 0.05) is 29.5 Å². The molecule has 0 amide bonds. The molecule has 6 nitrogen and oxygen atoms in total. The number of aromatic amines is 1. The molecule has 9 unspecified atom stereocenters. The van der Waals surface area contributed by atoms with E-state index in [1.54, 1.807) is 0 Å². The molecular weight excluding hydrogens is 476 g/mol. The number of aryl methyl sites for hydroxylation is 1. The van der Waals surface area contributed by atoms with Crippen molar-refractivity contribution in [1.29, 1.82) is 0 Å². The zero-order valence-corrected chi connectivity index (χ0v) is 22.0. The first-order valence-electron chi connectivity index (χ1n) is 13.7. The summed E-state index contributed by atoms with van der Waals surface area (Å²) < 4.78 is 40.9. The highest BCUT2D eigenvalue weighted by Crippen LogP contribution is 2.74. The van der Waals surface area contributed by atoms with Gasteiger partial charge >= 0.3 is 0 Å². The van der Waals surface area contributed by atoms with Gasteiger partial charge in [0.05, 0.1) is 11.6 Å². The number of nitrogens with zero attached hydrogens (tertiary/aromatic N) is 2. The van der Waals surface area contributed by atoms with E-state index in [4.69, 9.17) is 4.74 Å². The minimum absolute atomic E-state index is 0.129. The number of nitrogens with one attached hydrogen (secondary N) is 1. The van der Waals surface area contributed by atoms with Gasteiger partial charge in [0.2, 0.25) is 0 Å². The van der Waals surface area contributed by atoms with E-state index in [9.17, 15) is 10.2 Å². The van der Waals surface area contributed by atoms with E-state index in [2.05, 4.69) is 41.4 Å². The van der Waals surface area contributed by atoms with Crippen LogP contribution in [0.2, 0.25) is 0 Å². The van der Waals surface area contributed by atoms with E-state index in [0.717, 1.165) is 22.2 Å². The van der Waals surface area contributed by atoms with E-state index in [1.807, 2.05) is 25.9 Å². The third-order valence-corrected chi connectivity index (χ3v) is 11.3. The van der Waals surface area contributed by atoms with Crippen molar-refractivity contribution in [2.24, 2.45) is 11.3 Å². The van der Waals surface area contributed by atoms with E-state index >= 15 is 8.78 Å². The molecule has 2 bridgehead atoms. The molecule has 1 aromatic carbocycles. The number of aromatic nitrogens is 2. The molecule has 4 fully saturated rings. The fraction of sp³-hybridized carbons (Fsp3) is 0.690. The van der Waals surface area contributed by atoms with E-state index in [-0.39, 0.29) is 24.2 Å². The lowest BCUT2D eigenvalue weighted by atomic mass is 9.51. The van der Waals surface area contributed by atoms with Crippen molar-refractivity contribution in [3.63, 3.8) is 0 Å². The number of hydrogen-bond acceptors (Lipinski definition) is 5. The second-order valence-corrected chi connectivity index (χ2v) is 13.1. The number of benzene rings is 1. The molecule has 2 saturated carbocycles. The fourth-order valence-electron chi connectivity index (χ4n) is 9.29. The minimum Gasteiger partial charge on any atom is -0.389 e. The molecule has 37 heavy (non-hydrogen) atoms. The third-order valence-electron chi connectivity index (χ3n) is 11.3. The van der Waals surface area contributed by atoms with Gasteiger partial charge in [-0.1, -0.05) is 25.1 Å². The lowest BCUT2D eigenvalue weighted by molar-refractivity contribution is -0.347. The average molecular weight is 514 g/mol. The van der Waals surface area contributed by atoms with Crippen LogP contribution in [0.15, 0.2) is 24.3 Å². The third kappa shape index (κ3) is 2.70. The van der Waals surface area contributed by atoms with Crippen molar-refractivity contribution in [1.82, 2.24) is 15.1 Å². The van der Waals surface area contributed by atoms with Crippen LogP contribution in [0.4, 0.5) is 8.78 Å². The van der Waals surface area contributed by atoms with Crippen molar-refractivity contribution in [3.05, 3.63) is 35.5 Å². The molecule has 9 atom stereocenters. The zero-order valence-electron chi connectivity index (χ0n) is 22.0. The van der Waals surface area contributed by atoms with Gasteiger partial charge in [-0.05, 0) is 82.2 Å². The molecule has 2 saturated heterocycles. The van der Waals surface area contributed by atoms with Gasteiger partial charge in [-0.3, -0.25) is 5.10 Å². The summed E-state index contributed by atoms with van der Waals surface area (Å²) in [6.45, 7) is 4.23. The van der Waals surface area contributed by atoms with Gasteiger partial charge in [-0.15, -0.1) is 0 Å². The van der Waals surface area contributed by atoms with Crippen LogP contribution in [-0.4, -0.2) is 80.2 Å². The van der Waals surface area contributed by atoms with Crippen LogP contribution in [0.3, 0.4) is 0 Å². The topological polar surface area (TPSA) is 81.6 Å². The van der Waals surface area contributed by atoms with E-state index in [0.29, 0.717) is 25.7 Å². The van der Waals surface area contributed by atoms with Crippen molar-refractivity contribution in [2.45, 2.75) is 99.6 Å². The second-order valence-electron chi connectivity index (χ2n) is 13.1. The summed E-state index contributed by atoms with van der Waals surface area (Å²) in [5.74, 6) is -0.129. The highest BCUT2D eigenvalue weighted by atomic mass is 19.2. The van der Waals surface area contributed by atoms with Gasteiger partial charge in [0.15, 0.2) is 5.67 Å². The standard InChI is InChI=1S/C29H37F2N3O3/c1-16-18-6-5-17(13-20(18)33-32-16)19-7-8-22-25(19,2)9-10-26(30)15-28(31)24(36)23(35)21(34(3)4)14-27(28)11-12-29(22,26)37-27/h5-7,13,21-24,35-36H,8-12,14-15H2,1-4H3,(H,32,33). The zero-order chi connectivity index (χ0) is 26.2. The number of hydrogen-bond donors (Lipinski definition) is 3. The molecule has 3 N–H and O–H groups in total. The normalized spacial score (nSPS) is 48.6. The maximum absolute atomic E-state index is 17.2. The van der Waals surface area contributed by atoms with Crippen LogP contribution in [0.25, 0.3) is 16.5 Å².